The molecule has 1 fully saturated rings. The summed E-state index contributed by atoms with van der Waals surface area (Å²) in [4.78, 5) is 2.47. The van der Waals surface area contributed by atoms with Crippen molar-refractivity contribution in [2.75, 3.05) is 26.3 Å². The summed E-state index contributed by atoms with van der Waals surface area (Å²) in [6.45, 7) is 7.47. The quantitative estimate of drug-likeness (QED) is 0.835. The molecule has 0 bridgehead atoms. The Morgan fingerprint density at radius 1 is 1.23 bits per heavy atom. The van der Waals surface area contributed by atoms with Gasteiger partial charge in [-0.1, -0.05) is 18.6 Å². The van der Waals surface area contributed by atoms with Crippen LogP contribution in [0, 0.1) is 0 Å². The molecule has 2 unspecified atom stereocenters. The Bertz CT molecular complexity index is 429. The van der Waals surface area contributed by atoms with Crippen LogP contribution in [0.4, 0.5) is 0 Å². The second-order valence-electron chi connectivity index (χ2n) is 5.69. The SMILES string of the molecule is CCOc1ccccc1OCCN1CCCCC1C(C)N.Cl. The molecule has 2 rings (SSSR count). The zero-order valence-corrected chi connectivity index (χ0v) is 14.5. The van der Waals surface area contributed by atoms with Crippen molar-refractivity contribution in [3.8, 4) is 11.5 Å². The van der Waals surface area contributed by atoms with Gasteiger partial charge in [-0.15, -0.1) is 12.4 Å². The first-order valence-electron chi connectivity index (χ1n) is 8.06. The van der Waals surface area contributed by atoms with Gasteiger partial charge in [-0.25, -0.2) is 0 Å². The summed E-state index contributed by atoms with van der Waals surface area (Å²) in [5.74, 6) is 1.65. The monoisotopic (exact) mass is 328 g/mol. The highest BCUT2D eigenvalue weighted by Gasteiger charge is 2.24. The molecule has 22 heavy (non-hydrogen) atoms. The maximum absolute atomic E-state index is 6.10. The molecule has 0 spiro atoms. The average Bonchev–Trinajstić information content (AvgIpc) is 2.49. The standard InChI is InChI=1S/C17H28N2O2.ClH/c1-3-20-16-9-4-5-10-17(16)21-13-12-19-11-7-6-8-15(19)14(2)18;/h4-5,9-10,14-15H,3,6-8,11-13,18H2,1-2H3;1H. The van der Waals surface area contributed by atoms with Gasteiger partial charge < -0.3 is 15.2 Å². The highest BCUT2D eigenvalue weighted by atomic mass is 35.5. The Balaban J connectivity index is 0.00000242. The van der Waals surface area contributed by atoms with Gasteiger partial charge in [0, 0.05) is 18.6 Å². The van der Waals surface area contributed by atoms with Gasteiger partial charge in [-0.05, 0) is 45.4 Å². The number of hydrogen-bond acceptors (Lipinski definition) is 4. The van der Waals surface area contributed by atoms with E-state index in [-0.39, 0.29) is 18.4 Å². The van der Waals surface area contributed by atoms with Crippen molar-refractivity contribution in [1.29, 1.82) is 0 Å². The third-order valence-corrected chi connectivity index (χ3v) is 4.06. The smallest absolute Gasteiger partial charge is 0.161 e. The molecule has 0 amide bonds. The van der Waals surface area contributed by atoms with E-state index in [9.17, 15) is 0 Å². The number of ether oxygens (including phenoxy) is 2. The van der Waals surface area contributed by atoms with Gasteiger partial charge in [0.1, 0.15) is 6.61 Å². The molecule has 2 N–H and O–H groups in total. The van der Waals surface area contributed by atoms with Crippen molar-refractivity contribution < 1.29 is 9.47 Å². The molecule has 2 atom stereocenters. The lowest BCUT2D eigenvalue weighted by Crippen LogP contribution is -2.50. The van der Waals surface area contributed by atoms with E-state index < -0.39 is 0 Å². The molecule has 126 valence electrons. The lowest BCUT2D eigenvalue weighted by Gasteiger charge is -2.37. The van der Waals surface area contributed by atoms with E-state index in [4.69, 9.17) is 15.2 Å². The Kier molecular flexibility index (Phi) is 8.61. The highest BCUT2D eigenvalue weighted by molar-refractivity contribution is 5.85. The molecule has 0 saturated carbocycles. The van der Waals surface area contributed by atoms with Crippen LogP contribution in [0.25, 0.3) is 0 Å². The number of piperidine rings is 1. The lowest BCUT2D eigenvalue weighted by molar-refractivity contribution is 0.108. The fraction of sp³-hybridized carbons (Fsp3) is 0.647. The van der Waals surface area contributed by atoms with Crippen molar-refractivity contribution >= 4 is 12.4 Å². The summed E-state index contributed by atoms with van der Waals surface area (Å²) < 4.78 is 11.5. The highest BCUT2D eigenvalue weighted by Crippen LogP contribution is 2.26. The van der Waals surface area contributed by atoms with E-state index in [1.54, 1.807) is 0 Å². The first kappa shape index (κ1) is 19.1. The molecule has 1 aliphatic heterocycles. The van der Waals surface area contributed by atoms with Crippen molar-refractivity contribution in [2.45, 2.75) is 45.2 Å². The van der Waals surface area contributed by atoms with Crippen LogP contribution < -0.4 is 15.2 Å². The van der Waals surface area contributed by atoms with Gasteiger partial charge in [0.2, 0.25) is 0 Å². The number of halogens is 1. The van der Waals surface area contributed by atoms with Gasteiger partial charge in [0.05, 0.1) is 6.61 Å². The molecular weight excluding hydrogens is 300 g/mol. The topological polar surface area (TPSA) is 47.7 Å². The third kappa shape index (κ3) is 5.34. The summed E-state index contributed by atoms with van der Waals surface area (Å²) in [5, 5.41) is 0. The molecule has 4 nitrogen and oxygen atoms in total. The Morgan fingerprint density at radius 2 is 1.91 bits per heavy atom. The van der Waals surface area contributed by atoms with E-state index >= 15 is 0 Å². The van der Waals surface area contributed by atoms with Gasteiger partial charge in [-0.2, -0.15) is 0 Å². The minimum atomic E-state index is 0. The van der Waals surface area contributed by atoms with Crippen LogP contribution in [0.3, 0.4) is 0 Å². The van der Waals surface area contributed by atoms with Crippen molar-refractivity contribution in [2.24, 2.45) is 5.73 Å². The molecule has 1 aromatic carbocycles. The van der Waals surface area contributed by atoms with Crippen LogP contribution >= 0.6 is 12.4 Å². The molecule has 1 aromatic rings. The van der Waals surface area contributed by atoms with Crippen LogP contribution in [-0.4, -0.2) is 43.3 Å². The molecule has 1 aliphatic rings. The minimum absolute atomic E-state index is 0. The van der Waals surface area contributed by atoms with Crippen LogP contribution in [-0.2, 0) is 0 Å². The number of nitrogens with zero attached hydrogens (tertiary/aromatic N) is 1. The molecule has 0 aliphatic carbocycles. The summed E-state index contributed by atoms with van der Waals surface area (Å²) in [7, 11) is 0. The predicted molar refractivity (Wildman–Crippen MR) is 93.2 cm³/mol. The molecule has 0 radical (unpaired) electrons. The Labute approximate surface area is 140 Å². The summed E-state index contributed by atoms with van der Waals surface area (Å²) in [6, 6.07) is 8.57. The second kappa shape index (κ2) is 9.93. The van der Waals surface area contributed by atoms with Crippen LogP contribution in [0.5, 0.6) is 11.5 Å². The van der Waals surface area contributed by atoms with E-state index in [1.165, 1.54) is 19.3 Å². The van der Waals surface area contributed by atoms with E-state index in [0.29, 0.717) is 19.3 Å². The van der Waals surface area contributed by atoms with Gasteiger partial charge in [0.25, 0.3) is 0 Å². The second-order valence-corrected chi connectivity index (χ2v) is 5.69. The summed E-state index contributed by atoms with van der Waals surface area (Å²) in [5.41, 5.74) is 6.10. The van der Waals surface area contributed by atoms with Crippen molar-refractivity contribution in [3.05, 3.63) is 24.3 Å². The largest absolute Gasteiger partial charge is 0.490 e. The number of benzene rings is 1. The van der Waals surface area contributed by atoms with E-state index in [2.05, 4.69) is 11.8 Å². The number of rotatable bonds is 7. The summed E-state index contributed by atoms with van der Waals surface area (Å²) >= 11 is 0. The Hall–Kier alpha value is -0.970. The van der Waals surface area contributed by atoms with Gasteiger partial charge in [0.15, 0.2) is 11.5 Å². The molecular formula is C17H29ClN2O2. The lowest BCUT2D eigenvalue weighted by atomic mass is 9.97. The fourth-order valence-corrected chi connectivity index (χ4v) is 3.01. The zero-order valence-electron chi connectivity index (χ0n) is 13.7. The fourth-order valence-electron chi connectivity index (χ4n) is 3.01. The minimum Gasteiger partial charge on any atom is -0.490 e. The first-order valence-corrected chi connectivity index (χ1v) is 8.06. The third-order valence-electron chi connectivity index (χ3n) is 4.06. The van der Waals surface area contributed by atoms with Gasteiger partial charge in [-0.3, -0.25) is 4.90 Å². The first-order chi connectivity index (χ1) is 10.2. The van der Waals surface area contributed by atoms with Crippen molar-refractivity contribution in [1.82, 2.24) is 4.90 Å². The number of nitrogens with two attached hydrogens (primary N) is 1. The molecule has 1 saturated heterocycles. The number of likely N-dealkylation sites (tertiary alicyclic amines) is 1. The summed E-state index contributed by atoms with van der Waals surface area (Å²) in [6.07, 6.45) is 3.75. The molecule has 0 aromatic heterocycles. The zero-order chi connectivity index (χ0) is 15.1. The van der Waals surface area contributed by atoms with E-state index in [1.807, 2.05) is 31.2 Å². The van der Waals surface area contributed by atoms with E-state index in [0.717, 1.165) is 24.6 Å². The van der Waals surface area contributed by atoms with Crippen LogP contribution in [0.2, 0.25) is 0 Å². The van der Waals surface area contributed by atoms with Gasteiger partial charge >= 0.3 is 0 Å². The molecule has 1 heterocycles. The maximum Gasteiger partial charge on any atom is 0.161 e. The number of hydrogen-bond donors (Lipinski definition) is 1. The number of para-hydroxylation sites is 2. The normalized spacial score (nSPS) is 20.0. The van der Waals surface area contributed by atoms with Crippen molar-refractivity contribution in [3.63, 3.8) is 0 Å². The average molecular weight is 329 g/mol. The maximum atomic E-state index is 6.10. The predicted octanol–water partition coefficient (Wildman–Crippen LogP) is 3.09. The Morgan fingerprint density at radius 3 is 2.55 bits per heavy atom. The van der Waals surface area contributed by atoms with Crippen LogP contribution in [0.1, 0.15) is 33.1 Å². The molecule has 5 heteroatoms. The van der Waals surface area contributed by atoms with Crippen LogP contribution in [0.15, 0.2) is 24.3 Å².